The van der Waals surface area contributed by atoms with Crippen molar-refractivity contribution in [3.05, 3.63) is 18.2 Å². The lowest BCUT2D eigenvalue weighted by Crippen LogP contribution is -2.57. The molecule has 2 rings (SSSR count). The number of hydrogen-bond donors (Lipinski definition) is 3. The molecule has 0 aliphatic carbocycles. The van der Waals surface area contributed by atoms with Crippen LogP contribution in [-0.2, 0) is 11.2 Å². The van der Waals surface area contributed by atoms with Gasteiger partial charge in [0.05, 0.1) is 11.9 Å². The van der Waals surface area contributed by atoms with Crippen LogP contribution in [0.1, 0.15) is 31.9 Å². The quantitative estimate of drug-likeness (QED) is 0.717. The zero-order valence-corrected chi connectivity index (χ0v) is 10.3. The molecule has 5 nitrogen and oxygen atoms in total. The number of nitrogens with zero attached hydrogens (tertiary/aromatic N) is 1. The van der Waals surface area contributed by atoms with E-state index in [1.807, 2.05) is 6.92 Å². The van der Waals surface area contributed by atoms with Crippen molar-refractivity contribution in [2.24, 2.45) is 0 Å². The molecule has 1 unspecified atom stereocenters. The first kappa shape index (κ1) is 12.1. The molecule has 1 aliphatic heterocycles. The highest BCUT2D eigenvalue weighted by Gasteiger charge is 2.33. The van der Waals surface area contributed by atoms with Crippen LogP contribution >= 0.6 is 0 Å². The number of nitrogens with one attached hydrogen (secondary N) is 3. The molecular formula is C12H20N4O. The third-order valence-corrected chi connectivity index (χ3v) is 3.35. The Hall–Kier alpha value is -1.36. The summed E-state index contributed by atoms with van der Waals surface area (Å²) in [6.07, 6.45) is 7.44. The summed E-state index contributed by atoms with van der Waals surface area (Å²) in [7, 11) is 0. The molecule has 1 fully saturated rings. The van der Waals surface area contributed by atoms with Crippen molar-refractivity contribution < 1.29 is 4.79 Å². The fourth-order valence-corrected chi connectivity index (χ4v) is 2.18. The molecule has 3 N–H and O–H groups in total. The summed E-state index contributed by atoms with van der Waals surface area (Å²) >= 11 is 0. The summed E-state index contributed by atoms with van der Waals surface area (Å²) in [5.41, 5.74) is 0.665. The number of carbonyl (C=O) groups excluding carboxylic acids is 1. The van der Waals surface area contributed by atoms with Gasteiger partial charge in [0.1, 0.15) is 0 Å². The molecule has 1 saturated heterocycles. The van der Waals surface area contributed by atoms with Gasteiger partial charge < -0.3 is 15.6 Å². The van der Waals surface area contributed by atoms with Crippen molar-refractivity contribution in [3.63, 3.8) is 0 Å². The molecule has 17 heavy (non-hydrogen) atoms. The van der Waals surface area contributed by atoms with E-state index in [1.165, 1.54) is 0 Å². The SMILES string of the molecule is CC1(C(=O)NCCc2cnc[nH]2)CCCCN1. The molecule has 0 radical (unpaired) electrons. The Morgan fingerprint density at radius 1 is 1.59 bits per heavy atom. The van der Waals surface area contributed by atoms with E-state index in [2.05, 4.69) is 20.6 Å². The average Bonchev–Trinajstić information content (AvgIpc) is 2.83. The second-order valence-electron chi connectivity index (χ2n) is 4.80. The molecule has 1 amide bonds. The zero-order chi connectivity index (χ0) is 12.1. The predicted molar refractivity (Wildman–Crippen MR) is 65.6 cm³/mol. The monoisotopic (exact) mass is 236 g/mol. The van der Waals surface area contributed by atoms with Gasteiger partial charge in [-0.15, -0.1) is 0 Å². The summed E-state index contributed by atoms with van der Waals surface area (Å²) in [4.78, 5) is 19.0. The van der Waals surface area contributed by atoms with E-state index in [4.69, 9.17) is 0 Å². The third kappa shape index (κ3) is 3.06. The molecule has 2 heterocycles. The molecular weight excluding hydrogens is 216 g/mol. The Labute approximate surface area is 101 Å². The smallest absolute Gasteiger partial charge is 0.240 e. The Morgan fingerprint density at radius 3 is 3.12 bits per heavy atom. The largest absolute Gasteiger partial charge is 0.354 e. The normalized spacial score (nSPS) is 24.5. The van der Waals surface area contributed by atoms with Crippen LogP contribution in [0.4, 0.5) is 0 Å². The van der Waals surface area contributed by atoms with Crippen LogP contribution in [0.3, 0.4) is 0 Å². The highest BCUT2D eigenvalue weighted by molar-refractivity contribution is 5.85. The number of imidazole rings is 1. The lowest BCUT2D eigenvalue weighted by molar-refractivity contribution is -0.127. The average molecular weight is 236 g/mol. The summed E-state index contributed by atoms with van der Waals surface area (Å²) in [6, 6.07) is 0. The van der Waals surface area contributed by atoms with Gasteiger partial charge >= 0.3 is 0 Å². The molecule has 1 atom stereocenters. The van der Waals surface area contributed by atoms with Crippen LogP contribution in [0.2, 0.25) is 0 Å². The third-order valence-electron chi connectivity index (χ3n) is 3.35. The molecule has 94 valence electrons. The van der Waals surface area contributed by atoms with E-state index in [0.29, 0.717) is 6.54 Å². The fraction of sp³-hybridized carbons (Fsp3) is 0.667. The molecule has 0 aromatic carbocycles. The Bertz CT molecular complexity index is 355. The Kier molecular flexibility index (Phi) is 3.78. The van der Waals surface area contributed by atoms with E-state index in [-0.39, 0.29) is 11.4 Å². The minimum absolute atomic E-state index is 0.108. The maximum absolute atomic E-state index is 12.0. The van der Waals surface area contributed by atoms with E-state index in [0.717, 1.165) is 37.9 Å². The number of carbonyl (C=O) groups is 1. The van der Waals surface area contributed by atoms with Crippen LogP contribution in [0.5, 0.6) is 0 Å². The second-order valence-corrected chi connectivity index (χ2v) is 4.80. The van der Waals surface area contributed by atoms with Gasteiger partial charge in [-0.3, -0.25) is 4.79 Å². The maximum atomic E-state index is 12.0. The topological polar surface area (TPSA) is 69.8 Å². The van der Waals surface area contributed by atoms with Gasteiger partial charge in [0.15, 0.2) is 0 Å². The minimum atomic E-state index is -0.383. The van der Waals surface area contributed by atoms with Gasteiger partial charge in [0.2, 0.25) is 5.91 Å². The first-order chi connectivity index (χ1) is 8.21. The van der Waals surface area contributed by atoms with Gasteiger partial charge in [-0.1, -0.05) is 0 Å². The van der Waals surface area contributed by atoms with E-state index in [1.54, 1.807) is 12.5 Å². The Morgan fingerprint density at radius 2 is 2.47 bits per heavy atom. The summed E-state index contributed by atoms with van der Waals surface area (Å²) in [5, 5.41) is 6.29. The van der Waals surface area contributed by atoms with Gasteiger partial charge in [0.25, 0.3) is 0 Å². The number of hydrogen-bond acceptors (Lipinski definition) is 3. The molecule has 0 saturated carbocycles. The van der Waals surface area contributed by atoms with E-state index in [9.17, 15) is 4.79 Å². The van der Waals surface area contributed by atoms with Crippen LogP contribution in [-0.4, -0.2) is 34.5 Å². The van der Waals surface area contributed by atoms with Crippen molar-refractivity contribution in [3.8, 4) is 0 Å². The molecule has 0 bridgehead atoms. The van der Waals surface area contributed by atoms with E-state index < -0.39 is 0 Å². The maximum Gasteiger partial charge on any atom is 0.240 e. The van der Waals surface area contributed by atoms with Gasteiger partial charge in [-0.2, -0.15) is 0 Å². The van der Waals surface area contributed by atoms with Gasteiger partial charge in [-0.25, -0.2) is 4.98 Å². The second kappa shape index (κ2) is 5.31. The number of piperidine rings is 1. The minimum Gasteiger partial charge on any atom is -0.354 e. The Balaban J connectivity index is 1.76. The molecule has 1 aromatic rings. The van der Waals surface area contributed by atoms with Crippen molar-refractivity contribution in [1.29, 1.82) is 0 Å². The summed E-state index contributed by atoms with van der Waals surface area (Å²) < 4.78 is 0. The summed E-state index contributed by atoms with van der Waals surface area (Å²) in [6.45, 7) is 3.57. The first-order valence-electron chi connectivity index (χ1n) is 6.21. The van der Waals surface area contributed by atoms with Crippen LogP contribution in [0.15, 0.2) is 12.5 Å². The van der Waals surface area contributed by atoms with Gasteiger partial charge in [0, 0.05) is 24.9 Å². The number of H-pyrrole nitrogens is 1. The van der Waals surface area contributed by atoms with Crippen molar-refractivity contribution in [2.75, 3.05) is 13.1 Å². The first-order valence-corrected chi connectivity index (χ1v) is 6.21. The number of aromatic amines is 1. The molecule has 1 aromatic heterocycles. The summed E-state index contributed by atoms with van der Waals surface area (Å²) in [5.74, 6) is 0.108. The van der Waals surface area contributed by atoms with Crippen LogP contribution < -0.4 is 10.6 Å². The predicted octanol–water partition coefficient (Wildman–Crippen LogP) is 0.601. The number of aromatic nitrogens is 2. The standard InChI is InChI=1S/C12H20N4O/c1-12(5-2-3-6-16-12)11(17)14-7-4-10-8-13-9-15-10/h8-9,16H,2-7H2,1H3,(H,13,15)(H,14,17). The zero-order valence-electron chi connectivity index (χ0n) is 10.3. The van der Waals surface area contributed by atoms with Crippen molar-refractivity contribution in [2.45, 2.75) is 38.1 Å². The number of amides is 1. The van der Waals surface area contributed by atoms with Crippen molar-refractivity contribution in [1.82, 2.24) is 20.6 Å². The molecule has 0 spiro atoms. The van der Waals surface area contributed by atoms with Crippen LogP contribution in [0.25, 0.3) is 0 Å². The molecule has 5 heteroatoms. The van der Waals surface area contributed by atoms with E-state index >= 15 is 0 Å². The van der Waals surface area contributed by atoms with Gasteiger partial charge in [-0.05, 0) is 32.7 Å². The van der Waals surface area contributed by atoms with Crippen LogP contribution in [0, 0.1) is 0 Å². The van der Waals surface area contributed by atoms with Crippen molar-refractivity contribution >= 4 is 5.91 Å². The highest BCUT2D eigenvalue weighted by atomic mass is 16.2. The highest BCUT2D eigenvalue weighted by Crippen LogP contribution is 2.18. The molecule has 1 aliphatic rings. The lowest BCUT2D eigenvalue weighted by Gasteiger charge is -2.33. The fourth-order valence-electron chi connectivity index (χ4n) is 2.18. The lowest BCUT2D eigenvalue weighted by atomic mass is 9.90. The number of rotatable bonds is 4.